The van der Waals surface area contributed by atoms with Gasteiger partial charge in [-0.25, -0.2) is 19.9 Å². The molecule has 0 saturated heterocycles. The van der Waals surface area contributed by atoms with Crippen LogP contribution >= 0.6 is 0 Å². The number of aryl methyl sites for hydroxylation is 3. The molecule has 0 saturated carbocycles. The Morgan fingerprint density at radius 3 is 1.49 bits per heavy atom. The molecular formula is C27H26N6O2. The summed E-state index contributed by atoms with van der Waals surface area (Å²) >= 11 is 0. The van der Waals surface area contributed by atoms with E-state index in [1.807, 2.05) is 31.2 Å². The lowest BCUT2D eigenvalue weighted by molar-refractivity contribution is 0.0950. The molecule has 0 unspecified atom stereocenters. The zero-order valence-corrected chi connectivity index (χ0v) is 19.9. The highest BCUT2D eigenvalue weighted by molar-refractivity contribution is 6.01. The third-order valence-electron chi connectivity index (χ3n) is 5.42. The molecule has 2 N–H and O–H groups in total. The summed E-state index contributed by atoms with van der Waals surface area (Å²) < 4.78 is 0. The summed E-state index contributed by atoms with van der Waals surface area (Å²) in [7, 11) is 0. The molecule has 0 fully saturated rings. The van der Waals surface area contributed by atoms with Gasteiger partial charge in [0.1, 0.15) is 11.6 Å². The lowest BCUT2D eigenvalue weighted by Gasteiger charge is -2.12. The minimum atomic E-state index is -0.291. The van der Waals surface area contributed by atoms with Gasteiger partial charge in [0.2, 0.25) is 0 Å². The van der Waals surface area contributed by atoms with Crippen LogP contribution < -0.4 is 10.6 Å². The van der Waals surface area contributed by atoms with E-state index in [4.69, 9.17) is 0 Å². The van der Waals surface area contributed by atoms with Crippen LogP contribution in [0.15, 0.2) is 67.3 Å². The highest BCUT2D eigenvalue weighted by atomic mass is 16.2. The molecule has 0 spiro atoms. The van der Waals surface area contributed by atoms with Crippen LogP contribution in [0.1, 0.15) is 49.1 Å². The second-order valence-electron chi connectivity index (χ2n) is 8.31. The Labute approximate surface area is 203 Å². The summed E-state index contributed by atoms with van der Waals surface area (Å²) in [6, 6.07) is 13.1. The lowest BCUT2D eigenvalue weighted by Crippen LogP contribution is -2.25. The van der Waals surface area contributed by atoms with Gasteiger partial charge in [-0.05, 0) is 50.1 Å². The lowest BCUT2D eigenvalue weighted by atomic mass is 9.98. The quantitative estimate of drug-likeness (QED) is 0.430. The SMILES string of the molecule is Cc1ccc(-c2cc(C(=O)NCc3cnc(C)nc3)cc(C(=O)NCc3cnc(C)nc3)c2)cc1. The second-order valence-corrected chi connectivity index (χ2v) is 8.31. The van der Waals surface area contributed by atoms with Crippen molar-refractivity contribution in [2.45, 2.75) is 33.9 Å². The number of nitrogens with one attached hydrogen (secondary N) is 2. The van der Waals surface area contributed by atoms with Crippen LogP contribution in [-0.4, -0.2) is 31.8 Å². The molecular weight excluding hydrogens is 440 g/mol. The summed E-state index contributed by atoms with van der Waals surface area (Å²) in [6.45, 7) is 6.18. The Morgan fingerprint density at radius 2 is 1.06 bits per heavy atom. The maximum atomic E-state index is 13.0. The van der Waals surface area contributed by atoms with E-state index in [0.29, 0.717) is 22.8 Å². The molecule has 2 aromatic heterocycles. The van der Waals surface area contributed by atoms with Crippen molar-refractivity contribution in [1.29, 1.82) is 0 Å². The molecule has 0 radical (unpaired) electrons. The number of benzene rings is 2. The van der Waals surface area contributed by atoms with Crippen molar-refractivity contribution >= 4 is 11.8 Å². The summed E-state index contributed by atoms with van der Waals surface area (Å²) in [4.78, 5) is 42.6. The van der Waals surface area contributed by atoms with Crippen molar-refractivity contribution in [3.8, 4) is 11.1 Å². The zero-order valence-electron chi connectivity index (χ0n) is 19.9. The van der Waals surface area contributed by atoms with Gasteiger partial charge < -0.3 is 10.6 Å². The van der Waals surface area contributed by atoms with Gasteiger partial charge in [-0.2, -0.15) is 0 Å². The number of hydrogen-bond acceptors (Lipinski definition) is 6. The molecule has 4 aromatic rings. The fourth-order valence-corrected chi connectivity index (χ4v) is 3.39. The molecule has 8 nitrogen and oxygen atoms in total. The third-order valence-corrected chi connectivity index (χ3v) is 5.42. The van der Waals surface area contributed by atoms with E-state index in [9.17, 15) is 9.59 Å². The monoisotopic (exact) mass is 466 g/mol. The van der Waals surface area contributed by atoms with Crippen LogP contribution in [0.4, 0.5) is 0 Å². The topological polar surface area (TPSA) is 110 Å². The van der Waals surface area contributed by atoms with Crippen LogP contribution in [0.3, 0.4) is 0 Å². The predicted octanol–water partition coefficient (Wildman–Crippen LogP) is 3.72. The van der Waals surface area contributed by atoms with Crippen molar-refractivity contribution in [1.82, 2.24) is 30.6 Å². The minimum Gasteiger partial charge on any atom is -0.348 e. The molecule has 0 aliphatic rings. The van der Waals surface area contributed by atoms with Gasteiger partial charge in [0, 0.05) is 60.1 Å². The predicted molar refractivity (Wildman–Crippen MR) is 132 cm³/mol. The van der Waals surface area contributed by atoms with E-state index in [1.54, 1.807) is 56.8 Å². The van der Waals surface area contributed by atoms with Crippen LogP contribution in [0.5, 0.6) is 0 Å². The first kappa shape index (κ1) is 23.7. The molecule has 0 aliphatic carbocycles. The van der Waals surface area contributed by atoms with Gasteiger partial charge in [-0.3, -0.25) is 9.59 Å². The van der Waals surface area contributed by atoms with E-state index >= 15 is 0 Å². The maximum Gasteiger partial charge on any atom is 0.251 e. The average Bonchev–Trinajstić information content (AvgIpc) is 2.88. The zero-order chi connectivity index (χ0) is 24.8. The number of amides is 2. The van der Waals surface area contributed by atoms with Crippen LogP contribution in [0, 0.1) is 20.8 Å². The van der Waals surface area contributed by atoms with Crippen LogP contribution in [-0.2, 0) is 13.1 Å². The highest BCUT2D eigenvalue weighted by Crippen LogP contribution is 2.23. The molecule has 0 aliphatic heterocycles. The first-order valence-electron chi connectivity index (χ1n) is 11.2. The van der Waals surface area contributed by atoms with Gasteiger partial charge in [-0.15, -0.1) is 0 Å². The number of rotatable bonds is 7. The molecule has 8 heteroatoms. The Balaban J connectivity index is 1.57. The summed E-state index contributed by atoms with van der Waals surface area (Å²) in [6.07, 6.45) is 6.72. The Bertz CT molecular complexity index is 1250. The van der Waals surface area contributed by atoms with E-state index in [-0.39, 0.29) is 24.9 Å². The van der Waals surface area contributed by atoms with Crippen molar-refractivity contribution in [3.63, 3.8) is 0 Å². The summed E-state index contributed by atoms with van der Waals surface area (Å²) in [5.74, 6) is 0.749. The number of aromatic nitrogens is 4. The first-order valence-corrected chi connectivity index (χ1v) is 11.2. The van der Waals surface area contributed by atoms with E-state index in [0.717, 1.165) is 27.8 Å². The number of carbonyl (C=O) groups is 2. The van der Waals surface area contributed by atoms with Crippen molar-refractivity contribution in [3.05, 3.63) is 107 Å². The second kappa shape index (κ2) is 10.6. The number of carbonyl (C=O) groups excluding carboxylic acids is 2. The van der Waals surface area contributed by atoms with E-state index in [1.165, 1.54) is 0 Å². The molecule has 35 heavy (non-hydrogen) atoms. The molecule has 2 aromatic carbocycles. The fraction of sp³-hybridized carbons (Fsp3) is 0.185. The minimum absolute atomic E-state index is 0.281. The van der Waals surface area contributed by atoms with Crippen molar-refractivity contribution in [2.75, 3.05) is 0 Å². The smallest absolute Gasteiger partial charge is 0.251 e. The van der Waals surface area contributed by atoms with Crippen molar-refractivity contribution in [2.24, 2.45) is 0 Å². The van der Waals surface area contributed by atoms with Crippen LogP contribution in [0.2, 0.25) is 0 Å². The highest BCUT2D eigenvalue weighted by Gasteiger charge is 2.14. The maximum absolute atomic E-state index is 13.0. The molecule has 2 amide bonds. The van der Waals surface area contributed by atoms with E-state index in [2.05, 4.69) is 30.6 Å². The fourth-order valence-electron chi connectivity index (χ4n) is 3.39. The molecule has 176 valence electrons. The van der Waals surface area contributed by atoms with Crippen molar-refractivity contribution < 1.29 is 9.59 Å². The molecule has 0 bridgehead atoms. The normalized spacial score (nSPS) is 10.6. The molecule has 2 heterocycles. The van der Waals surface area contributed by atoms with Gasteiger partial charge in [0.15, 0.2) is 0 Å². The first-order chi connectivity index (χ1) is 16.9. The molecule has 4 rings (SSSR count). The third kappa shape index (κ3) is 6.32. The standard InChI is InChI=1S/C27H26N6O2/c1-17-4-6-22(7-5-17)23-8-24(26(34)32-15-20-11-28-18(2)29-12-20)10-25(9-23)27(35)33-16-21-13-30-19(3)31-14-21/h4-14H,15-16H2,1-3H3,(H,32,34)(H,33,35). The van der Waals surface area contributed by atoms with Crippen LogP contribution in [0.25, 0.3) is 11.1 Å². The average molecular weight is 467 g/mol. The van der Waals surface area contributed by atoms with Gasteiger partial charge in [-0.1, -0.05) is 29.8 Å². The Hall–Kier alpha value is -4.46. The van der Waals surface area contributed by atoms with E-state index < -0.39 is 0 Å². The van der Waals surface area contributed by atoms with Gasteiger partial charge in [0.05, 0.1) is 0 Å². The molecule has 0 atom stereocenters. The number of hydrogen-bond donors (Lipinski definition) is 2. The number of nitrogens with zero attached hydrogens (tertiary/aromatic N) is 4. The van der Waals surface area contributed by atoms with Gasteiger partial charge >= 0.3 is 0 Å². The Morgan fingerprint density at radius 1 is 0.629 bits per heavy atom. The summed E-state index contributed by atoms with van der Waals surface area (Å²) in [5.41, 5.74) is 5.17. The largest absolute Gasteiger partial charge is 0.348 e. The van der Waals surface area contributed by atoms with Gasteiger partial charge in [0.25, 0.3) is 11.8 Å². The summed E-state index contributed by atoms with van der Waals surface area (Å²) in [5, 5.41) is 5.77. The Kier molecular flexibility index (Phi) is 7.21.